The molecule has 0 bridgehead atoms. The van der Waals surface area contributed by atoms with Crippen molar-refractivity contribution >= 4 is 0 Å². The molecule has 0 aromatic heterocycles. The van der Waals surface area contributed by atoms with Gasteiger partial charge >= 0.3 is 0 Å². The van der Waals surface area contributed by atoms with Crippen molar-refractivity contribution < 1.29 is 8.78 Å². The van der Waals surface area contributed by atoms with E-state index in [1.165, 1.54) is 12.1 Å². The Kier molecular flexibility index (Phi) is 2.48. The van der Waals surface area contributed by atoms with Crippen LogP contribution in [0, 0.1) is 11.6 Å². The van der Waals surface area contributed by atoms with E-state index in [-0.39, 0.29) is 12.0 Å². The van der Waals surface area contributed by atoms with Crippen LogP contribution in [0.5, 0.6) is 0 Å². The van der Waals surface area contributed by atoms with Gasteiger partial charge in [-0.05, 0) is 11.6 Å². The van der Waals surface area contributed by atoms with Crippen LogP contribution in [0.2, 0.25) is 0 Å². The minimum absolute atomic E-state index is 0.0457. The Hall–Kier alpha value is -1.00. The third-order valence-corrected chi connectivity index (χ3v) is 2.62. The Labute approximate surface area is 81.1 Å². The molecule has 2 rings (SSSR count). The summed E-state index contributed by atoms with van der Waals surface area (Å²) in [5.41, 5.74) is 6.30. The van der Waals surface area contributed by atoms with Gasteiger partial charge in [0.1, 0.15) is 11.6 Å². The number of hydrogen-bond acceptors (Lipinski definition) is 2. The lowest BCUT2D eigenvalue weighted by atomic mass is 9.94. The van der Waals surface area contributed by atoms with Gasteiger partial charge in [0.05, 0.1) is 0 Å². The van der Waals surface area contributed by atoms with Gasteiger partial charge in [-0.25, -0.2) is 8.78 Å². The molecule has 1 aliphatic heterocycles. The van der Waals surface area contributed by atoms with E-state index < -0.39 is 11.6 Å². The Morgan fingerprint density at radius 2 is 2.07 bits per heavy atom. The molecule has 4 heteroatoms. The van der Waals surface area contributed by atoms with Crippen LogP contribution in [-0.4, -0.2) is 19.1 Å². The van der Waals surface area contributed by atoms with Crippen molar-refractivity contribution in [2.45, 2.75) is 12.0 Å². The molecule has 3 N–H and O–H groups in total. The molecule has 2 nitrogen and oxygen atoms in total. The Morgan fingerprint density at radius 3 is 2.64 bits per heavy atom. The van der Waals surface area contributed by atoms with Gasteiger partial charge in [0.15, 0.2) is 0 Å². The molecule has 1 saturated heterocycles. The fourth-order valence-electron chi connectivity index (χ4n) is 1.84. The Morgan fingerprint density at radius 1 is 1.29 bits per heavy atom. The summed E-state index contributed by atoms with van der Waals surface area (Å²) in [4.78, 5) is 0. The smallest absolute Gasteiger partial charge is 0.129 e. The molecule has 1 aromatic carbocycles. The van der Waals surface area contributed by atoms with Crippen molar-refractivity contribution in [3.8, 4) is 0 Å². The molecule has 14 heavy (non-hydrogen) atoms. The second-order valence-corrected chi connectivity index (χ2v) is 3.59. The first kappa shape index (κ1) is 9.55. The molecule has 0 unspecified atom stereocenters. The van der Waals surface area contributed by atoms with Gasteiger partial charge in [0.25, 0.3) is 0 Å². The Balaban J connectivity index is 2.31. The molecule has 1 aliphatic rings. The monoisotopic (exact) mass is 198 g/mol. The van der Waals surface area contributed by atoms with Gasteiger partial charge in [-0.1, -0.05) is 6.07 Å². The van der Waals surface area contributed by atoms with Crippen LogP contribution in [0.1, 0.15) is 11.5 Å². The van der Waals surface area contributed by atoms with Crippen LogP contribution in [0.4, 0.5) is 8.78 Å². The number of halogens is 2. The number of benzene rings is 1. The molecule has 0 spiro atoms. The third-order valence-electron chi connectivity index (χ3n) is 2.62. The molecular weight excluding hydrogens is 186 g/mol. The minimum Gasteiger partial charge on any atom is -0.326 e. The molecule has 76 valence electrons. The zero-order valence-electron chi connectivity index (χ0n) is 7.63. The van der Waals surface area contributed by atoms with Crippen molar-refractivity contribution in [1.29, 1.82) is 0 Å². The molecule has 0 saturated carbocycles. The van der Waals surface area contributed by atoms with Crippen molar-refractivity contribution in [1.82, 2.24) is 5.32 Å². The minimum atomic E-state index is -0.550. The third kappa shape index (κ3) is 1.63. The molecule has 1 fully saturated rings. The summed E-state index contributed by atoms with van der Waals surface area (Å²) in [6.07, 6.45) is 0. The number of nitrogens with two attached hydrogens (primary N) is 1. The van der Waals surface area contributed by atoms with E-state index in [9.17, 15) is 8.78 Å². The normalized spacial score (nSPS) is 26.8. The van der Waals surface area contributed by atoms with E-state index in [0.29, 0.717) is 18.7 Å². The maximum absolute atomic E-state index is 13.4. The SMILES string of the molecule is N[C@H]1CNC[C@@H]1c1ccc(F)cc1F. The number of rotatable bonds is 1. The highest BCUT2D eigenvalue weighted by Gasteiger charge is 2.27. The van der Waals surface area contributed by atoms with Crippen LogP contribution < -0.4 is 11.1 Å². The first-order chi connectivity index (χ1) is 6.68. The van der Waals surface area contributed by atoms with E-state index in [4.69, 9.17) is 5.73 Å². The molecule has 1 heterocycles. The molecule has 0 radical (unpaired) electrons. The molecule has 0 amide bonds. The van der Waals surface area contributed by atoms with Crippen molar-refractivity contribution in [3.63, 3.8) is 0 Å². The lowest BCUT2D eigenvalue weighted by molar-refractivity contribution is 0.545. The highest BCUT2D eigenvalue weighted by molar-refractivity contribution is 5.25. The van der Waals surface area contributed by atoms with E-state index in [1.54, 1.807) is 0 Å². The van der Waals surface area contributed by atoms with Crippen LogP contribution in [0.25, 0.3) is 0 Å². The second kappa shape index (κ2) is 3.63. The molecule has 2 atom stereocenters. The first-order valence-corrected chi connectivity index (χ1v) is 4.59. The molecular formula is C10H12F2N2. The largest absolute Gasteiger partial charge is 0.326 e. The summed E-state index contributed by atoms with van der Waals surface area (Å²) in [5.74, 6) is -1.10. The van der Waals surface area contributed by atoms with Crippen LogP contribution in [0.15, 0.2) is 18.2 Å². The summed E-state index contributed by atoms with van der Waals surface area (Å²) >= 11 is 0. The topological polar surface area (TPSA) is 38.0 Å². The van der Waals surface area contributed by atoms with Crippen molar-refractivity contribution in [2.75, 3.05) is 13.1 Å². The van der Waals surface area contributed by atoms with Gasteiger partial charge < -0.3 is 11.1 Å². The van der Waals surface area contributed by atoms with Gasteiger partial charge in [-0.3, -0.25) is 0 Å². The van der Waals surface area contributed by atoms with E-state index in [1.807, 2.05) is 0 Å². The maximum atomic E-state index is 13.4. The molecule has 0 aliphatic carbocycles. The van der Waals surface area contributed by atoms with E-state index >= 15 is 0 Å². The van der Waals surface area contributed by atoms with Gasteiger partial charge in [0, 0.05) is 31.1 Å². The van der Waals surface area contributed by atoms with Gasteiger partial charge in [-0.15, -0.1) is 0 Å². The zero-order chi connectivity index (χ0) is 10.1. The highest BCUT2D eigenvalue weighted by Crippen LogP contribution is 2.24. The number of hydrogen-bond donors (Lipinski definition) is 2. The highest BCUT2D eigenvalue weighted by atomic mass is 19.1. The maximum Gasteiger partial charge on any atom is 0.129 e. The summed E-state index contributed by atoms with van der Waals surface area (Å²) in [6, 6.07) is 3.56. The fourth-order valence-corrected chi connectivity index (χ4v) is 1.84. The van der Waals surface area contributed by atoms with Crippen molar-refractivity contribution in [3.05, 3.63) is 35.4 Å². The lowest BCUT2D eigenvalue weighted by Gasteiger charge is -2.15. The molecule has 1 aromatic rings. The summed E-state index contributed by atoms with van der Waals surface area (Å²) < 4.78 is 26.0. The Bertz CT molecular complexity index is 341. The van der Waals surface area contributed by atoms with Gasteiger partial charge in [-0.2, -0.15) is 0 Å². The zero-order valence-corrected chi connectivity index (χ0v) is 7.63. The quantitative estimate of drug-likeness (QED) is 0.706. The lowest BCUT2D eigenvalue weighted by Crippen LogP contribution is -2.28. The summed E-state index contributed by atoms with van der Waals surface area (Å²) in [5, 5.41) is 3.08. The van der Waals surface area contributed by atoms with Crippen LogP contribution in [-0.2, 0) is 0 Å². The fraction of sp³-hybridized carbons (Fsp3) is 0.400. The van der Waals surface area contributed by atoms with Gasteiger partial charge in [0.2, 0.25) is 0 Å². The summed E-state index contributed by atoms with van der Waals surface area (Å²) in [7, 11) is 0. The average Bonchev–Trinajstić information content (AvgIpc) is 2.52. The van der Waals surface area contributed by atoms with E-state index in [0.717, 1.165) is 6.07 Å². The van der Waals surface area contributed by atoms with Crippen LogP contribution in [0.3, 0.4) is 0 Å². The second-order valence-electron chi connectivity index (χ2n) is 3.59. The first-order valence-electron chi connectivity index (χ1n) is 4.59. The average molecular weight is 198 g/mol. The summed E-state index contributed by atoms with van der Waals surface area (Å²) in [6.45, 7) is 1.34. The van der Waals surface area contributed by atoms with Crippen LogP contribution >= 0.6 is 0 Å². The van der Waals surface area contributed by atoms with Crippen molar-refractivity contribution in [2.24, 2.45) is 5.73 Å². The predicted octanol–water partition coefficient (Wildman–Crippen LogP) is 0.979. The standard InChI is InChI=1S/C10H12F2N2/c11-6-1-2-7(9(12)3-6)8-4-14-5-10(8)13/h1-3,8,10,14H,4-5,13H2/t8-,10+/m1/s1. The predicted molar refractivity (Wildman–Crippen MR) is 49.9 cm³/mol. The number of nitrogens with one attached hydrogen (secondary N) is 1. The van der Waals surface area contributed by atoms with E-state index in [2.05, 4.69) is 5.32 Å².